The molecule has 0 saturated heterocycles. The van der Waals surface area contributed by atoms with Crippen molar-refractivity contribution in [3.05, 3.63) is 53.9 Å². The molecule has 0 aliphatic carbocycles. The van der Waals surface area contributed by atoms with E-state index in [2.05, 4.69) is 22.1 Å². The highest BCUT2D eigenvalue weighted by Crippen LogP contribution is 2.32. The van der Waals surface area contributed by atoms with Crippen LogP contribution >= 0.6 is 0 Å². The summed E-state index contributed by atoms with van der Waals surface area (Å²) >= 11 is 0. The van der Waals surface area contributed by atoms with Gasteiger partial charge in [0, 0.05) is 24.4 Å². The zero-order chi connectivity index (χ0) is 19.7. The largest absolute Gasteiger partial charge is 0.434 e. The van der Waals surface area contributed by atoms with Gasteiger partial charge >= 0.3 is 0 Å². The average molecular weight is 381 g/mol. The number of benzene rings is 1. The van der Waals surface area contributed by atoms with E-state index in [9.17, 15) is 9.18 Å². The second-order valence-corrected chi connectivity index (χ2v) is 6.67. The van der Waals surface area contributed by atoms with Crippen LogP contribution in [-0.4, -0.2) is 37.1 Å². The molecule has 2 aromatic heterocycles. The number of rotatable bonds is 6. The molecule has 1 aliphatic rings. The maximum Gasteiger partial charge on any atom is 0.291 e. The van der Waals surface area contributed by atoms with Gasteiger partial charge in [0.05, 0.1) is 18.1 Å². The van der Waals surface area contributed by atoms with Crippen molar-refractivity contribution in [3.63, 3.8) is 0 Å². The van der Waals surface area contributed by atoms with E-state index >= 15 is 0 Å². The van der Waals surface area contributed by atoms with Crippen LogP contribution in [0.15, 0.2) is 36.5 Å². The van der Waals surface area contributed by atoms with Crippen LogP contribution in [0.25, 0.3) is 11.3 Å². The summed E-state index contributed by atoms with van der Waals surface area (Å²) in [4.78, 5) is 18.8. The van der Waals surface area contributed by atoms with Crippen LogP contribution < -0.4 is 4.74 Å². The Balaban J connectivity index is 1.63. The predicted molar refractivity (Wildman–Crippen MR) is 100 cm³/mol. The number of halogens is 1. The van der Waals surface area contributed by atoms with E-state index in [1.807, 2.05) is 11.5 Å². The van der Waals surface area contributed by atoms with Crippen molar-refractivity contribution < 1.29 is 13.9 Å². The molecule has 7 nitrogen and oxygen atoms in total. The average Bonchev–Trinajstić information content (AvgIpc) is 3.17. The Bertz CT molecular complexity index is 1020. The standard InChI is InChI=1S/C20H20FN5O2/c1-3-4-10-25-12-26-18(13(2)23-19(26)20(25)27)14-7-8-16(15(21)11-14)28-17-6-5-9-22-24-17/h5-9,11H,3-4,10,12H2,1-2H3. The van der Waals surface area contributed by atoms with Crippen LogP contribution in [0.4, 0.5) is 4.39 Å². The van der Waals surface area contributed by atoms with Gasteiger partial charge in [-0.2, -0.15) is 5.10 Å². The van der Waals surface area contributed by atoms with E-state index in [-0.39, 0.29) is 17.5 Å². The Morgan fingerprint density at radius 3 is 2.86 bits per heavy atom. The molecule has 144 valence electrons. The van der Waals surface area contributed by atoms with E-state index in [1.165, 1.54) is 12.3 Å². The first-order chi connectivity index (χ1) is 13.6. The normalized spacial score (nSPS) is 13.1. The third-order valence-electron chi connectivity index (χ3n) is 4.68. The van der Waals surface area contributed by atoms with Gasteiger partial charge in [-0.3, -0.25) is 4.79 Å². The molecule has 0 atom stereocenters. The first kappa shape index (κ1) is 18.1. The highest BCUT2D eigenvalue weighted by atomic mass is 19.1. The highest BCUT2D eigenvalue weighted by Gasteiger charge is 2.32. The number of nitrogens with zero attached hydrogens (tertiary/aromatic N) is 5. The fraction of sp³-hybridized carbons (Fsp3) is 0.300. The van der Waals surface area contributed by atoms with Gasteiger partial charge in [0.25, 0.3) is 5.91 Å². The number of imidazole rings is 1. The molecule has 1 aromatic carbocycles. The third kappa shape index (κ3) is 3.21. The van der Waals surface area contributed by atoms with Gasteiger partial charge in [0.2, 0.25) is 11.7 Å². The van der Waals surface area contributed by atoms with Gasteiger partial charge in [-0.25, -0.2) is 9.37 Å². The summed E-state index contributed by atoms with van der Waals surface area (Å²) in [7, 11) is 0. The molecule has 0 unspecified atom stereocenters. The van der Waals surface area contributed by atoms with Crippen molar-refractivity contribution in [3.8, 4) is 22.9 Å². The molecule has 0 N–H and O–H groups in total. The topological polar surface area (TPSA) is 73.1 Å². The van der Waals surface area contributed by atoms with Crippen LogP contribution in [0.2, 0.25) is 0 Å². The minimum Gasteiger partial charge on any atom is -0.434 e. The Morgan fingerprint density at radius 1 is 1.29 bits per heavy atom. The maximum atomic E-state index is 14.7. The zero-order valence-electron chi connectivity index (χ0n) is 15.7. The summed E-state index contributed by atoms with van der Waals surface area (Å²) < 4.78 is 22.0. The number of hydrogen-bond donors (Lipinski definition) is 0. The van der Waals surface area contributed by atoms with Gasteiger partial charge in [-0.1, -0.05) is 13.3 Å². The molecule has 0 bridgehead atoms. The second kappa shape index (κ2) is 7.38. The van der Waals surface area contributed by atoms with Gasteiger partial charge in [-0.05, 0) is 37.6 Å². The Morgan fingerprint density at radius 2 is 2.14 bits per heavy atom. The number of ether oxygens (including phenoxy) is 1. The van der Waals surface area contributed by atoms with Crippen LogP contribution in [-0.2, 0) is 6.67 Å². The number of carbonyl (C=O) groups excluding carboxylic acids is 1. The lowest BCUT2D eigenvalue weighted by atomic mass is 10.1. The number of fused-ring (bicyclic) bond motifs is 1. The lowest BCUT2D eigenvalue weighted by Crippen LogP contribution is -2.26. The molecule has 3 aromatic rings. The van der Waals surface area contributed by atoms with E-state index in [0.29, 0.717) is 30.3 Å². The molecule has 0 spiro atoms. The molecule has 3 heterocycles. The minimum absolute atomic E-state index is 0.0590. The summed E-state index contributed by atoms with van der Waals surface area (Å²) in [6.45, 7) is 5.04. The van der Waals surface area contributed by atoms with Crippen molar-refractivity contribution in [2.45, 2.75) is 33.4 Å². The summed E-state index contributed by atoms with van der Waals surface area (Å²) in [5, 5.41) is 7.50. The van der Waals surface area contributed by atoms with Crippen molar-refractivity contribution in [1.82, 2.24) is 24.6 Å². The molecule has 8 heteroatoms. The molecular weight excluding hydrogens is 361 g/mol. The van der Waals surface area contributed by atoms with Crippen LogP contribution in [0.3, 0.4) is 0 Å². The number of aromatic nitrogens is 4. The van der Waals surface area contributed by atoms with Gasteiger partial charge in [0.1, 0.15) is 0 Å². The molecule has 0 fully saturated rings. The van der Waals surface area contributed by atoms with Crippen LogP contribution in [0.1, 0.15) is 36.1 Å². The number of aryl methyl sites for hydroxylation is 1. The van der Waals surface area contributed by atoms with E-state index in [1.54, 1.807) is 29.2 Å². The van der Waals surface area contributed by atoms with Crippen molar-refractivity contribution >= 4 is 5.91 Å². The molecule has 28 heavy (non-hydrogen) atoms. The molecule has 1 amide bonds. The molecule has 0 saturated carbocycles. The summed E-state index contributed by atoms with van der Waals surface area (Å²) in [5.74, 6) is 0.0801. The smallest absolute Gasteiger partial charge is 0.291 e. The van der Waals surface area contributed by atoms with Gasteiger partial charge < -0.3 is 14.2 Å². The van der Waals surface area contributed by atoms with Crippen molar-refractivity contribution in [2.24, 2.45) is 0 Å². The second-order valence-electron chi connectivity index (χ2n) is 6.67. The van der Waals surface area contributed by atoms with Crippen molar-refractivity contribution in [2.75, 3.05) is 6.54 Å². The fourth-order valence-electron chi connectivity index (χ4n) is 3.32. The first-order valence-electron chi connectivity index (χ1n) is 9.20. The summed E-state index contributed by atoms with van der Waals surface area (Å²) in [6.07, 6.45) is 3.46. The van der Waals surface area contributed by atoms with Crippen molar-refractivity contribution in [1.29, 1.82) is 0 Å². The molecule has 1 aliphatic heterocycles. The lowest BCUT2D eigenvalue weighted by molar-refractivity contribution is 0.0763. The number of unbranched alkanes of at least 4 members (excludes halogenated alkanes) is 1. The van der Waals surface area contributed by atoms with E-state index in [4.69, 9.17) is 4.74 Å². The molecule has 4 rings (SSSR count). The molecule has 0 radical (unpaired) electrons. The first-order valence-corrected chi connectivity index (χ1v) is 9.20. The van der Waals surface area contributed by atoms with Crippen LogP contribution in [0.5, 0.6) is 11.6 Å². The zero-order valence-corrected chi connectivity index (χ0v) is 15.7. The Kier molecular flexibility index (Phi) is 4.77. The lowest BCUT2D eigenvalue weighted by Gasteiger charge is -2.16. The third-order valence-corrected chi connectivity index (χ3v) is 4.68. The number of carbonyl (C=O) groups is 1. The fourth-order valence-corrected chi connectivity index (χ4v) is 3.32. The van der Waals surface area contributed by atoms with Gasteiger partial charge in [0.15, 0.2) is 11.6 Å². The van der Waals surface area contributed by atoms with E-state index in [0.717, 1.165) is 18.5 Å². The molecular formula is C20H20FN5O2. The monoisotopic (exact) mass is 381 g/mol. The van der Waals surface area contributed by atoms with E-state index < -0.39 is 5.82 Å². The SMILES string of the molecule is CCCCN1Cn2c(nc(C)c2-c2ccc(Oc3cccnn3)c(F)c2)C1=O. The quantitative estimate of drug-likeness (QED) is 0.649. The summed E-state index contributed by atoms with van der Waals surface area (Å²) in [6, 6.07) is 7.96. The Labute approximate surface area is 161 Å². The number of amides is 1. The summed E-state index contributed by atoms with van der Waals surface area (Å²) in [5.41, 5.74) is 2.08. The minimum atomic E-state index is -0.523. The Hall–Kier alpha value is -3.29. The number of hydrogen-bond acceptors (Lipinski definition) is 5. The van der Waals surface area contributed by atoms with Crippen LogP contribution in [0, 0.1) is 12.7 Å². The van der Waals surface area contributed by atoms with Gasteiger partial charge in [-0.15, -0.1) is 5.10 Å². The maximum absolute atomic E-state index is 14.7. The predicted octanol–water partition coefficient (Wildman–Crippen LogP) is 3.79. The highest BCUT2D eigenvalue weighted by molar-refractivity contribution is 5.94.